The first kappa shape index (κ1) is 15.9. The van der Waals surface area contributed by atoms with Gasteiger partial charge in [-0.1, -0.05) is 6.07 Å². The summed E-state index contributed by atoms with van der Waals surface area (Å²) < 4.78 is 0. The molecule has 6 nitrogen and oxygen atoms in total. The summed E-state index contributed by atoms with van der Waals surface area (Å²) in [6.45, 7) is 1.30. The Kier molecular flexibility index (Phi) is 4.91. The predicted molar refractivity (Wildman–Crippen MR) is 86.4 cm³/mol. The van der Waals surface area contributed by atoms with Crippen molar-refractivity contribution in [1.29, 1.82) is 0 Å². The highest BCUT2D eigenvalue weighted by Gasteiger charge is 2.45. The van der Waals surface area contributed by atoms with Gasteiger partial charge in [0.15, 0.2) is 0 Å². The van der Waals surface area contributed by atoms with Crippen molar-refractivity contribution in [2.45, 2.75) is 44.3 Å². The van der Waals surface area contributed by atoms with Crippen molar-refractivity contribution in [3.05, 3.63) is 30.1 Å². The Labute approximate surface area is 136 Å². The quantitative estimate of drug-likeness (QED) is 0.810. The molecule has 1 aromatic rings. The average Bonchev–Trinajstić information content (AvgIpc) is 3.30. The van der Waals surface area contributed by atoms with Crippen molar-refractivity contribution < 1.29 is 9.59 Å². The van der Waals surface area contributed by atoms with Crippen LogP contribution in [-0.4, -0.2) is 47.4 Å². The first-order chi connectivity index (χ1) is 11.2. The molecule has 0 spiro atoms. The smallest absolute Gasteiger partial charge is 0.237 e. The number of pyridine rings is 1. The topological polar surface area (TPSA) is 74.3 Å². The summed E-state index contributed by atoms with van der Waals surface area (Å²) in [4.78, 5) is 31.0. The Bertz CT molecular complexity index is 559. The van der Waals surface area contributed by atoms with E-state index in [0.717, 1.165) is 37.8 Å². The van der Waals surface area contributed by atoms with Crippen molar-refractivity contribution in [3.63, 3.8) is 0 Å². The molecule has 124 valence electrons. The third-order valence-electron chi connectivity index (χ3n) is 4.73. The van der Waals surface area contributed by atoms with Crippen LogP contribution in [0.15, 0.2) is 24.5 Å². The largest absolute Gasteiger partial charge is 0.358 e. The second-order valence-corrected chi connectivity index (χ2v) is 6.37. The Balaban J connectivity index is 1.63. The number of hydrogen-bond acceptors (Lipinski definition) is 4. The Morgan fingerprint density at radius 2 is 2.22 bits per heavy atom. The second-order valence-electron chi connectivity index (χ2n) is 6.37. The number of likely N-dealkylation sites (tertiary alicyclic amines) is 1. The molecule has 2 fully saturated rings. The summed E-state index contributed by atoms with van der Waals surface area (Å²) in [7, 11) is 1.67. The van der Waals surface area contributed by atoms with Gasteiger partial charge in [-0.2, -0.15) is 0 Å². The number of nitrogens with one attached hydrogen (secondary N) is 2. The molecule has 23 heavy (non-hydrogen) atoms. The lowest BCUT2D eigenvalue weighted by Gasteiger charge is -2.31. The Morgan fingerprint density at radius 3 is 2.87 bits per heavy atom. The molecule has 2 aliphatic rings. The monoisotopic (exact) mass is 316 g/mol. The van der Waals surface area contributed by atoms with Crippen molar-refractivity contribution in [2.75, 3.05) is 13.6 Å². The van der Waals surface area contributed by atoms with Gasteiger partial charge < -0.3 is 10.6 Å². The third kappa shape index (κ3) is 3.69. The van der Waals surface area contributed by atoms with E-state index in [1.54, 1.807) is 19.4 Å². The number of amides is 2. The van der Waals surface area contributed by atoms with E-state index in [0.29, 0.717) is 12.5 Å². The SMILES string of the molecule is CNC(=O)C(C1CC1)N1CCCC1C(=O)NCc1cccnc1. The van der Waals surface area contributed by atoms with E-state index < -0.39 is 0 Å². The zero-order valence-corrected chi connectivity index (χ0v) is 13.5. The molecule has 1 saturated carbocycles. The molecule has 1 aromatic heterocycles. The van der Waals surface area contributed by atoms with Gasteiger partial charge in [0, 0.05) is 26.0 Å². The van der Waals surface area contributed by atoms with Gasteiger partial charge >= 0.3 is 0 Å². The van der Waals surface area contributed by atoms with E-state index in [9.17, 15) is 9.59 Å². The molecular formula is C17H24N4O2. The number of carbonyl (C=O) groups excluding carboxylic acids is 2. The molecule has 0 bridgehead atoms. The predicted octanol–water partition coefficient (Wildman–Crippen LogP) is 0.687. The number of nitrogens with zero attached hydrogens (tertiary/aromatic N) is 2. The van der Waals surface area contributed by atoms with E-state index in [1.807, 2.05) is 12.1 Å². The van der Waals surface area contributed by atoms with E-state index in [4.69, 9.17) is 0 Å². The maximum absolute atomic E-state index is 12.6. The van der Waals surface area contributed by atoms with Crippen LogP contribution < -0.4 is 10.6 Å². The van der Waals surface area contributed by atoms with Crippen LogP contribution >= 0.6 is 0 Å². The molecule has 2 amide bonds. The van der Waals surface area contributed by atoms with E-state index in [-0.39, 0.29) is 23.9 Å². The van der Waals surface area contributed by atoms with Gasteiger partial charge in [0.25, 0.3) is 0 Å². The first-order valence-electron chi connectivity index (χ1n) is 8.34. The van der Waals surface area contributed by atoms with Crippen LogP contribution in [0.3, 0.4) is 0 Å². The van der Waals surface area contributed by atoms with Crippen LogP contribution in [0.25, 0.3) is 0 Å². The summed E-state index contributed by atoms with van der Waals surface area (Å²) in [6, 6.07) is 3.45. The maximum atomic E-state index is 12.6. The lowest BCUT2D eigenvalue weighted by molar-refractivity contribution is -0.131. The first-order valence-corrected chi connectivity index (χ1v) is 8.34. The van der Waals surface area contributed by atoms with Crippen molar-refractivity contribution in [3.8, 4) is 0 Å². The summed E-state index contributed by atoms with van der Waals surface area (Å²) in [5.74, 6) is 0.460. The Morgan fingerprint density at radius 1 is 1.39 bits per heavy atom. The molecular weight excluding hydrogens is 292 g/mol. The van der Waals surface area contributed by atoms with Crippen LogP contribution in [0, 0.1) is 5.92 Å². The minimum Gasteiger partial charge on any atom is -0.358 e. The van der Waals surface area contributed by atoms with Gasteiger partial charge in [0.2, 0.25) is 11.8 Å². The van der Waals surface area contributed by atoms with Crippen molar-refractivity contribution >= 4 is 11.8 Å². The summed E-state index contributed by atoms with van der Waals surface area (Å²) in [5, 5.41) is 5.75. The molecule has 1 aliphatic heterocycles. The lowest BCUT2D eigenvalue weighted by atomic mass is 10.1. The van der Waals surface area contributed by atoms with Gasteiger partial charge in [0.1, 0.15) is 0 Å². The van der Waals surface area contributed by atoms with Gasteiger partial charge in [-0.15, -0.1) is 0 Å². The summed E-state index contributed by atoms with van der Waals surface area (Å²) in [5.41, 5.74) is 0.982. The fourth-order valence-electron chi connectivity index (χ4n) is 3.41. The molecule has 2 N–H and O–H groups in total. The standard InChI is InChI=1S/C17H24N4O2/c1-18-17(23)15(13-6-7-13)21-9-3-5-14(21)16(22)20-11-12-4-2-8-19-10-12/h2,4,8,10,13-15H,3,5-7,9,11H2,1H3,(H,18,23)(H,20,22). The van der Waals surface area contributed by atoms with Crippen LogP contribution in [-0.2, 0) is 16.1 Å². The average molecular weight is 316 g/mol. The molecule has 1 aliphatic carbocycles. The molecule has 2 unspecified atom stereocenters. The zero-order valence-electron chi connectivity index (χ0n) is 13.5. The minimum atomic E-state index is -0.199. The Hall–Kier alpha value is -1.95. The number of likely N-dealkylation sites (N-methyl/N-ethyl adjacent to an activating group) is 1. The molecule has 2 heterocycles. The molecule has 1 saturated heterocycles. The maximum Gasteiger partial charge on any atom is 0.237 e. The minimum absolute atomic E-state index is 0.0147. The van der Waals surface area contributed by atoms with Crippen LogP contribution in [0.1, 0.15) is 31.2 Å². The van der Waals surface area contributed by atoms with Crippen LogP contribution in [0.2, 0.25) is 0 Å². The van der Waals surface area contributed by atoms with Crippen molar-refractivity contribution in [1.82, 2.24) is 20.5 Å². The number of rotatable bonds is 6. The highest BCUT2D eigenvalue weighted by Crippen LogP contribution is 2.38. The number of hydrogen-bond donors (Lipinski definition) is 2. The van der Waals surface area contributed by atoms with Gasteiger partial charge in [-0.25, -0.2) is 0 Å². The molecule has 6 heteroatoms. The molecule has 3 rings (SSSR count). The molecule has 0 radical (unpaired) electrons. The van der Waals surface area contributed by atoms with Gasteiger partial charge in [-0.05, 0) is 49.8 Å². The zero-order chi connectivity index (χ0) is 16.2. The highest BCUT2D eigenvalue weighted by molar-refractivity contribution is 5.86. The van der Waals surface area contributed by atoms with Crippen LogP contribution in [0.4, 0.5) is 0 Å². The fourth-order valence-corrected chi connectivity index (χ4v) is 3.41. The fraction of sp³-hybridized carbons (Fsp3) is 0.588. The number of carbonyl (C=O) groups is 2. The van der Waals surface area contributed by atoms with Gasteiger partial charge in [-0.3, -0.25) is 19.5 Å². The van der Waals surface area contributed by atoms with Crippen LogP contribution in [0.5, 0.6) is 0 Å². The highest BCUT2D eigenvalue weighted by atomic mass is 16.2. The third-order valence-corrected chi connectivity index (χ3v) is 4.73. The normalized spacial score (nSPS) is 22.6. The lowest BCUT2D eigenvalue weighted by Crippen LogP contribution is -2.53. The molecule has 0 aromatic carbocycles. The van der Waals surface area contributed by atoms with E-state index >= 15 is 0 Å². The van der Waals surface area contributed by atoms with Crippen molar-refractivity contribution in [2.24, 2.45) is 5.92 Å². The van der Waals surface area contributed by atoms with E-state index in [1.165, 1.54) is 0 Å². The molecule has 2 atom stereocenters. The van der Waals surface area contributed by atoms with E-state index in [2.05, 4.69) is 20.5 Å². The number of aromatic nitrogens is 1. The second kappa shape index (κ2) is 7.08. The summed E-state index contributed by atoms with van der Waals surface area (Å²) >= 11 is 0. The summed E-state index contributed by atoms with van der Waals surface area (Å²) in [6.07, 6.45) is 7.42. The van der Waals surface area contributed by atoms with Gasteiger partial charge in [0.05, 0.1) is 12.1 Å².